The molecular weight excluding hydrogens is 415 g/mol. The molecule has 0 aliphatic heterocycles. The predicted octanol–water partition coefficient (Wildman–Crippen LogP) is 5.50. The Morgan fingerprint density at radius 3 is 2.28 bits per heavy atom. The van der Waals surface area contributed by atoms with E-state index in [2.05, 4.69) is 5.32 Å². The molecule has 0 fully saturated rings. The van der Waals surface area contributed by atoms with E-state index in [0.29, 0.717) is 11.3 Å². The van der Waals surface area contributed by atoms with Gasteiger partial charge in [-0.25, -0.2) is 4.79 Å². The second-order valence-electron chi connectivity index (χ2n) is 5.81. The number of carboxylic acid groups (broad SMARTS) is 1. The molecule has 0 saturated heterocycles. The first-order chi connectivity index (χ1) is 13.9. The van der Waals surface area contributed by atoms with Crippen molar-refractivity contribution in [2.75, 3.05) is 5.32 Å². The Hall–Kier alpha value is -3.53. The average Bonchev–Trinajstić information content (AvgIpc) is 3.17. The van der Waals surface area contributed by atoms with E-state index in [9.17, 15) is 14.9 Å². The summed E-state index contributed by atoms with van der Waals surface area (Å²) < 4.78 is 5.64. The first-order valence-corrected chi connectivity index (χ1v) is 8.95. The molecule has 144 valence electrons. The normalized spacial score (nSPS) is 11.0. The van der Waals surface area contributed by atoms with Crippen LogP contribution in [0.3, 0.4) is 0 Å². The minimum Gasteiger partial charge on any atom is -0.478 e. The first-order valence-electron chi connectivity index (χ1n) is 8.20. The molecule has 1 amide bonds. The zero-order valence-electron chi connectivity index (χ0n) is 14.6. The van der Waals surface area contributed by atoms with Gasteiger partial charge in [0.25, 0.3) is 5.91 Å². The molecule has 2 aromatic carbocycles. The monoisotopic (exact) mass is 426 g/mol. The zero-order valence-corrected chi connectivity index (χ0v) is 16.2. The van der Waals surface area contributed by atoms with Crippen molar-refractivity contribution in [2.24, 2.45) is 0 Å². The smallest absolute Gasteiger partial charge is 0.335 e. The van der Waals surface area contributed by atoms with Crippen LogP contribution in [0.1, 0.15) is 16.1 Å². The number of furan rings is 1. The highest BCUT2D eigenvalue weighted by atomic mass is 35.5. The topological polar surface area (TPSA) is 103 Å². The van der Waals surface area contributed by atoms with Gasteiger partial charge in [0.05, 0.1) is 21.3 Å². The van der Waals surface area contributed by atoms with Crippen LogP contribution < -0.4 is 5.32 Å². The van der Waals surface area contributed by atoms with Crippen molar-refractivity contribution < 1.29 is 19.1 Å². The Morgan fingerprint density at radius 1 is 1.03 bits per heavy atom. The van der Waals surface area contributed by atoms with Crippen LogP contribution in [-0.4, -0.2) is 17.0 Å². The highest BCUT2D eigenvalue weighted by Gasteiger charge is 2.15. The summed E-state index contributed by atoms with van der Waals surface area (Å²) in [6.45, 7) is 0. The SMILES string of the molecule is N#C/C(=C\c1ccc(-c2ccc(C(=O)O)cc2)o1)C(=O)Nc1c(Cl)cccc1Cl. The van der Waals surface area contributed by atoms with Crippen LogP contribution in [-0.2, 0) is 4.79 Å². The molecule has 3 aromatic rings. The average molecular weight is 427 g/mol. The number of hydrogen-bond acceptors (Lipinski definition) is 4. The molecule has 1 aromatic heterocycles. The lowest BCUT2D eigenvalue weighted by molar-refractivity contribution is -0.112. The van der Waals surface area contributed by atoms with E-state index >= 15 is 0 Å². The summed E-state index contributed by atoms with van der Waals surface area (Å²) in [4.78, 5) is 23.3. The van der Waals surface area contributed by atoms with Crippen LogP contribution in [0.5, 0.6) is 0 Å². The number of carbonyl (C=O) groups is 2. The minimum absolute atomic E-state index is 0.155. The fourth-order valence-corrected chi connectivity index (χ4v) is 2.94. The van der Waals surface area contributed by atoms with Gasteiger partial charge in [-0.15, -0.1) is 0 Å². The second-order valence-corrected chi connectivity index (χ2v) is 6.62. The third-order valence-electron chi connectivity index (χ3n) is 3.90. The highest BCUT2D eigenvalue weighted by Crippen LogP contribution is 2.30. The Balaban J connectivity index is 1.82. The van der Waals surface area contributed by atoms with Crippen LogP contribution in [0.4, 0.5) is 5.69 Å². The van der Waals surface area contributed by atoms with Gasteiger partial charge < -0.3 is 14.8 Å². The van der Waals surface area contributed by atoms with Crippen LogP contribution >= 0.6 is 23.2 Å². The Kier molecular flexibility index (Phi) is 6.03. The predicted molar refractivity (Wildman–Crippen MR) is 110 cm³/mol. The van der Waals surface area contributed by atoms with Crippen molar-refractivity contribution in [3.63, 3.8) is 0 Å². The molecule has 0 atom stereocenters. The number of nitrogens with zero attached hydrogens (tertiary/aromatic N) is 1. The zero-order chi connectivity index (χ0) is 21.0. The summed E-state index contributed by atoms with van der Waals surface area (Å²) in [5, 5.41) is 21.3. The van der Waals surface area contributed by atoms with Gasteiger partial charge in [-0.2, -0.15) is 5.26 Å². The number of benzene rings is 2. The fourth-order valence-electron chi connectivity index (χ4n) is 2.45. The number of nitrogens with one attached hydrogen (secondary N) is 1. The van der Waals surface area contributed by atoms with Gasteiger partial charge in [-0.1, -0.05) is 41.4 Å². The van der Waals surface area contributed by atoms with Crippen molar-refractivity contribution in [2.45, 2.75) is 0 Å². The van der Waals surface area contributed by atoms with Crippen LogP contribution in [0.15, 0.2) is 64.6 Å². The van der Waals surface area contributed by atoms with Crippen molar-refractivity contribution in [1.29, 1.82) is 5.26 Å². The van der Waals surface area contributed by atoms with Crippen molar-refractivity contribution >= 4 is 46.8 Å². The van der Waals surface area contributed by atoms with Crippen molar-refractivity contribution in [3.05, 3.63) is 81.5 Å². The van der Waals surface area contributed by atoms with Crippen molar-refractivity contribution in [3.8, 4) is 17.4 Å². The number of anilines is 1. The molecule has 0 aliphatic carbocycles. The molecule has 0 aliphatic rings. The number of aromatic carboxylic acids is 1. The van der Waals surface area contributed by atoms with Gasteiger partial charge in [0.15, 0.2) is 0 Å². The molecule has 29 heavy (non-hydrogen) atoms. The molecule has 2 N–H and O–H groups in total. The Morgan fingerprint density at radius 2 is 1.69 bits per heavy atom. The third kappa shape index (κ3) is 4.66. The standard InChI is InChI=1S/C21H12Cl2N2O4/c22-16-2-1-3-17(23)19(16)25-20(26)14(11-24)10-15-8-9-18(29-15)12-4-6-13(7-5-12)21(27)28/h1-10H,(H,25,26)(H,27,28)/b14-10+. The summed E-state index contributed by atoms with van der Waals surface area (Å²) in [5.41, 5.74) is 0.811. The molecule has 6 nitrogen and oxygen atoms in total. The highest BCUT2D eigenvalue weighted by molar-refractivity contribution is 6.40. The van der Waals surface area contributed by atoms with Gasteiger partial charge in [0.1, 0.15) is 23.2 Å². The lowest BCUT2D eigenvalue weighted by Crippen LogP contribution is -2.14. The third-order valence-corrected chi connectivity index (χ3v) is 4.53. The van der Waals surface area contributed by atoms with Gasteiger partial charge >= 0.3 is 5.97 Å². The van der Waals surface area contributed by atoms with E-state index < -0.39 is 11.9 Å². The van der Waals surface area contributed by atoms with Crippen LogP contribution in [0, 0.1) is 11.3 Å². The van der Waals surface area contributed by atoms with E-state index in [-0.39, 0.29) is 32.6 Å². The van der Waals surface area contributed by atoms with Crippen LogP contribution in [0.2, 0.25) is 10.0 Å². The molecular formula is C21H12Cl2N2O4. The maximum absolute atomic E-state index is 12.4. The summed E-state index contributed by atoms with van der Waals surface area (Å²) in [6, 6.07) is 15.9. The molecule has 0 saturated carbocycles. The summed E-state index contributed by atoms with van der Waals surface area (Å²) in [6.07, 6.45) is 1.29. The van der Waals surface area contributed by atoms with Gasteiger partial charge in [-0.3, -0.25) is 4.79 Å². The number of amides is 1. The quantitative estimate of drug-likeness (QED) is 0.414. The molecule has 1 heterocycles. The number of para-hydroxylation sites is 1. The molecule has 8 heteroatoms. The van der Waals surface area contributed by atoms with E-state index in [1.165, 1.54) is 18.2 Å². The Bertz CT molecular complexity index is 1140. The van der Waals surface area contributed by atoms with Crippen LogP contribution in [0.25, 0.3) is 17.4 Å². The maximum Gasteiger partial charge on any atom is 0.335 e. The number of hydrogen-bond donors (Lipinski definition) is 2. The van der Waals surface area contributed by atoms with E-state index in [0.717, 1.165) is 0 Å². The summed E-state index contributed by atoms with van der Waals surface area (Å²) in [5.74, 6) is -0.978. The molecule has 0 spiro atoms. The van der Waals surface area contributed by atoms with E-state index in [1.807, 2.05) is 6.07 Å². The van der Waals surface area contributed by atoms with Gasteiger partial charge in [0.2, 0.25) is 0 Å². The number of carbonyl (C=O) groups excluding carboxylic acids is 1. The fraction of sp³-hybridized carbons (Fsp3) is 0. The lowest BCUT2D eigenvalue weighted by Gasteiger charge is -2.08. The molecule has 0 unspecified atom stereocenters. The summed E-state index contributed by atoms with van der Waals surface area (Å²) in [7, 11) is 0. The van der Waals surface area contributed by atoms with Gasteiger partial charge in [0, 0.05) is 11.6 Å². The number of carboxylic acids is 1. The number of rotatable bonds is 5. The number of halogens is 2. The van der Waals surface area contributed by atoms with Crippen molar-refractivity contribution in [1.82, 2.24) is 0 Å². The number of nitriles is 1. The molecule has 0 radical (unpaired) electrons. The molecule has 3 rings (SSSR count). The summed E-state index contributed by atoms with van der Waals surface area (Å²) >= 11 is 12.1. The maximum atomic E-state index is 12.4. The minimum atomic E-state index is -1.03. The lowest BCUT2D eigenvalue weighted by atomic mass is 10.1. The second kappa shape index (κ2) is 8.65. The molecule has 0 bridgehead atoms. The van der Waals surface area contributed by atoms with Gasteiger partial charge in [-0.05, 0) is 36.4 Å². The van der Waals surface area contributed by atoms with E-state index in [1.54, 1.807) is 42.5 Å². The Labute approximate surface area is 175 Å². The van der Waals surface area contributed by atoms with E-state index in [4.69, 9.17) is 32.7 Å². The largest absolute Gasteiger partial charge is 0.478 e. The first kappa shape index (κ1) is 20.2.